The second-order valence-electron chi connectivity index (χ2n) is 9.96. The predicted molar refractivity (Wildman–Crippen MR) is 124 cm³/mol. The van der Waals surface area contributed by atoms with Gasteiger partial charge in [-0.15, -0.1) is 11.8 Å². The van der Waals surface area contributed by atoms with E-state index in [0.717, 1.165) is 6.42 Å². The van der Waals surface area contributed by atoms with Gasteiger partial charge in [-0.2, -0.15) is 0 Å². The van der Waals surface area contributed by atoms with Gasteiger partial charge >= 0.3 is 5.97 Å². The van der Waals surface area contributed by atoms with E-state index < -0.39 is 23.5 Å². The Balaban J connectivity index is 1.45. The minimum atomic E-state index is -1.15. The lowest BCUT2D eigenvalue weighted by atomic mass is 9.73. The standard InChI is InChI=1S/C23H32N4O6S/c1-10(6-16(29)12(3)28)17-18-11(2)20(19(23(32)33)27(18)22(17)31)34-14-7-15(25-8-14)21(30)26-5-4-13(24)9-26/h10-11,13-15,17-18,25H,4-9,24H2,1-3H3,(H,32,33)/t10-,11+,13-,14-,15-,17+,18+/m0/s1. The van der Waals surface area contributed by atoms with Gasteiger partial charge in [-0.1, -0.05) is 13.8 Å². The Kier molecular flexibility index (Phi) is 6.90. The van der Waals surface area contributed by atoms with Crippen LogP contribution in [0.4, 0.5) is 0 Å². The van der Waals surface area contributed by atoms with Crippen molar-refractivity contribution in [1.29, 1.82) is 0 Å². The van der Waals surface area contributed by atoms with Crippen LogP contribution in [0, 0.1) is 17.8 Å². The number of carboxylic acids is 1. The lowest BCUT2D eigenvalue weighted by molar-refractivity contribution is -0.160. The molecular weight excluding hydrogens is 460 g/mol. The third-order valence-electron chi connectivity index (χ3n) is 7.52. The van der Waals surface area contributed by atoms with E-state index in [1.54, 1.807) is 11.8 Å². The van der Waals surface area contributed by atoms with Crippen molar-refractivity contribution >= 4 is 41.1 Å². The van der Waals surface area contributed by atoms with Crippen molar-refractivity contribution in [3.8, 4) is 0 Å². The zero-order valence-corrected chi connectivity index (χ0v) is 20.5. The molecule has 3 fully saturated rings. The molecule has 0 aromatic carbocycles. The van der Waals surface area contributed by atoms with Crippen molar-refractivity contribution in [3.05, 3.63) is 10.6 Å². The number of nitrogens with zero attached hydrogens (tertiary/aromatic N) is 2. The summed E-state index contributed by atoms with van der Waals surface area (Å²) in [5.74, 6) is -3.54. The van der Waals surface area contributed by atoms with E-state index in [4.69, 9.17) is 5.73 Å². The Hall–Kier alpha value is -2.24. The maximum absolute atomic E-state index is 12.9. The smallest absolute Gasteiger partial charge is 0.353 e. The summed E-state index contributed by atoms with van der Waals surface area (Å²) >= 11 is 1.43. The number of likely N-dealkylation sites (tertiary alicyclic amines) is 1. The first-order chi connectivity index (χ1) is 16.0. The van der Waals surface area contributed by atoms with E-state index in [1.165, 1.54) is 23.6 Å². The number of rotatable bonds is 8. The van der Waals surface area contributed by atoms with Crippen molar-refractivity contribution in [2.45, 2.75) is 63.4 Å². The summed E-state index contributed by atoms with van der Waals surface area (Å²) in [6, 6.07) is -0.646. The minimum Gasteiger partial charge on any atom is -0.477 e. The minimum absolute atomic E-state index is 0.000919. The van der Waals surface area contributed by atoms with Gasteiger partial charge in [0.25, 0.3) is 0 Å². The van der Waals surface area contributed by atoms with Crippen LogP contribution in [0.5, 0.6) is 0 Å². The SMILES string of the molecule is CC(=O)C(=O)C[C@H](C)[C@H]1C(=O)N2C(C(=O)O)=C(S[C@@H]3CN[C@H](C(=O)N4CC[C@H](N)C4)C3)[C@H](C)[C@H]12. The molecule has 4 rings (SSSR count). The van der Waals surface area contributed by atoms with Crippen molar-refractivity contribution in [1.82, 2.24) is 15.1 Å². The maximum atomic E-state index is 12.9. The Morgan fingerprint density at radius 3 is 2.59 bits per heavy atom. The number of amides is 2. The fourth-order valence-electron chi connectivity index (χ4n) is 5.70. The number of fused-ring (bicyclic) bond motifs is 1. The number of carbonyl (C=O) groups excluding carboxylic acids is 4. The zero-order valence-electron chi connectivity index (χ0n) is 19.7. The van der Waals surface area contributed by atoms with Crippen LogP contribution >= 0.6 is 11.8 Å². The molecule has 7 atom stereocenters. The van der Waals surface area contributed by atoms with Crippen LogP contribution in [0.3, 0.4) is 0 Å². The Morgan fingerprint density at radius 2 is 2.00 bits per heavy atom. The fourth-order valence-corrected chi connectivity index (χ4v) is 7.18. The molecule has 0 radical (unpaired) electrons. The van der Waals surface area contributed by atoms with Crippen molar-refractivity contribution in [2.75, 3.05) is 19.6 Å². The maximum Gasteiger partial charge on any atom is 0.353 e. The van der Waals surface area contributed by atoms with Crippen LogP contribution in [-0.2, 0) is 24.0 Å². The highest BCUT2D eigenvalue weighted by molar-refractivity contribution is 8.03. The highest BCUT2D eigenvalue weighted by atomic mass is 32.2. The van der Waals surface area contributed by atoms with E-state index >= 15 is 0 Å². The number of carbonyl (C=O) groups is 5. The molecule has 0 aliphatic carbocycles. The predicted octanol–water partition coefficient (Wildman–Crippen LogP) is -0.0331. The van der Waals surface area contributed by atoms with Crippen LogP contribution in [0.1, 0.15) is 40.0 Å². The first kappa shape index (κ1) is 24.9. The molecule has 4 N–H and O–H groups in total. The molecule has 4 heterocycles. The van der Waals surface area contributed by atoms with Crippen LogP contribution in [0.25, 0.3) is 0 Å². The molecule has 0 bridgehead atoms. The van der Waals surface area contributed by atoms with Gasteiger partial charge in [0.05, 0.1) is 18.0 Å². The molecule has 186 valence electrons. The number of Topliss-reactive ketones (excluding diaryl/α,β-unsaturated/α-hetero) is 2. The molecule has 10 nitrogen and oxygen atoms in total. The summed E-state index contributed by atoms with van der Waals surface area (Å²) in [5.41, 5.74) is 5.93. The van der Waals surface area contributed by atoms with Crippen LogP contribution in [0.2, 0.25) is 0 Å². The Labute approximate surface area is 202 Å². The van der Waals surface area contributed by atoms with E-state index in [-0.39, 0.29) is 59.1 Å². The van der Waals surface area contributed by atoms with Gasteiger partial charge in [0.15, 0.2) is 11.6 Å². The first-order valence-electron chi connectivity index (χ1n) is 11.8. The molecular formula is C23H32N4O6S. The molecule has 0 spiro atoms. The zero-order chi connectivity index (χ0) is 24.9. The summed E-state index contributed by atoms with van der Waals surface area (Å²) in [4.78, 5) is 65.0. The number of hydrogen-bond acceptors (Lipinski definition) is 8. The van der Waals surface area contributed by atoms with E-state index in [2.05, 4.69) is 5.32 Å². The largest absolute Gasteiger partial charge is 0.477 e. The average Bonchev–Trinajstić information content (AvgIpc) is 3.46. The Morgan fingerprint density at radius 1 is 1.29 bits per heavy atom. The molecule has 0 aromatic rings. The van der Waals surface area contributed by atoms with E-state index in [9.17, 15) is 29.1 Å². The van der Waals surface area contributed by atoms with Crippen LogP contribution < -0.4 is 11.1 Å². The molecule has 0 saturated carbocycles. The lowest BCUT2D eigenvalue weighted by Crippen LogP contribution is -2.62. The highest BCUT2D eigenvalue weighted by Crippen LogP contribution is 2.53. The number of nitrogens with two attached hydrogens (primary N) is 1. The second kappa shape index (κ2) is 9.43. The molecule has 34 heavy (non-hydrogen) atoms. The van der Waals surface area contributed by atoms with Crippen LogP contribution in [0.15, 0.2) is 10.6 Å². The van der Waals surface area contributed by atoms with Gasteiger partial charge in [0.1, 0.15) is 5.70 Å². The molecule has 0 aromatic heterocycles. The number of nitrogens with one attached hydrogen (secondary N) is 1. The first-order valence-corrected chi connectivity index (χ1v) is 12.7. The molecule has 3 saturated heterocycles. The van der Waals surface area contributed by atoms with Gasteiger partial charge in [-0.25, -0.2) is 4.79 Å². The number of hydrogen-bond donors (Lipinski definition) is 3. The summed E-state index contributed by atoms with van der Waals surface area (Å²) in [5, 5.41) is 13.2. The molecule has 2 amide bonds. The number of ketones is 2. The van der Waals surface area contributed by atoms with Gasteiger partial charge in [-0.3, -0.25) is 19.2 Å². The van der Waals surface area contributed by atoms with E-state index in [1.807, 2.05) is 6.92 Å². The molecule has 4 aliphatic heterocycles. The lowest BCUT2D eigenvalue weighted by Gasteiger charge is -2.47. The summed E-state index contributed by atoms with van der Waals surface area (Å²) in [6.45, 7) is 6.67. The quantitative estimate of drug-likeness (QED) is 0.313. The fraction of sp³-hybridized carbons (Fsp3) is 0.696. The monoisotopic (exact) mass is 492 g/mol. The number of carboxylic acid groups (broad SMARTS) is 1. The topological polar surface area (TPSA) is 150 Å². The van der Waals surface area contributed by atoms with Crippen LogP contribution in [-0.4, -0.2) is 87.3 Å². The summed E-state index contributed by atoms with van der Waals surface area (Å²) in [7, 11) is 0. The second-order valence-corrected chi connectivity index (χ2v) is 11.3. The van der Waals surface area contributed by atoms with Gasteiger partial charge in [0.2, 0.25) is 11.8 Å². The Bertz CT molecular complexity index is 967. The number of aliphatic carboxylic acids is 1. The van der Waals surface area contributed by atoms with Gasteiger partial charge < -0.3 is 26.0 Å². The number of thioether (sulfide) groups is 1. The van der Waals surface area contributed by atoms with Crippen molar-refractivity contribution in [3.63, 3.8) is 0 Å². The summed E-state index contributed by atoms with van der Waals surface area (Å²) in [6.07, 6.45) is 1.35. The number of β-lactam (4-membered cyclic amide) rings is 1. The molecule has 0 unspecified atom stereocenters. The average molecular weight is 493 g/mol. The third-order valence-corrected chi connectivity index (χ3v) is 9.03. The van der Waals surface area contributed by atoms with Crippen molar-refractivity contribution < 1.29 is 29.1 Å². The third kappa shape index (κ3) is 4.29. The normalized spacial score (nSPS) is 33.7. The molecule has 11 heteroatoms. The highest BCUT2D eigenvalue weighted by Gasteiger charge is 2.60. The van der Waals surface area contributed by atoms with Crippen molar-refractivity contribution in [2.24, 2.45) is 23.5 Å². The van der Waals surface area contributed by atoms with Gasteiger partial charge in [0, 0.05) is 55.1 Å². The van der Waals surface area contributed by atoms with Gasteiger partial charge in [-0.05, 0) is 18.8 Å². The summed E-state index contributed by atoms with van der Waals surface area (Å²) < 4.78 is 0. The van der Waals surface area contributed by atoms with E-state index in [0.29, 0.717) is 31.0 Å². The molecule has 4 aliphatic rings.